The highest BCUT2D eigenvalue weighted by Crippen LogP contribution is 2.40. The van der Waals surface area contributed by atoms with Crippen LogP contribution in [0, 0.1) is 0 Å². The summed E-state index contributed by atoms with van der Waals surface area (Å²) in [5, 5.41) is 6.80. The fourth-order valence-corrected chi connectivity index (χ4v) is 3.17. The normalized spacial score (nSPS) is 16.4. The van der Waals surface area contributed by atoms with Crippen molar-refractivity contribution in [2.75, 3.05) is 19.5 Å². The molecule has 25 heavy (non-hydrogen) atoms. The predicted molar refractivity (Wildman–Crippen MR) is 88.2 cm³/mol. The fourth-order valence-electron chi connectivity index (χ4n) is 3.17. The Morgan fingerprint density at radius 1 is 1.24 bits per heavy atom. The molecule has 1 aliphatic heterocycles. The van der Waals surface area contributed by atoms with Crippen LogP contribution < -0.4 is 20.3 Å². The number of H-pyrrole nitrogens is 1. The van der Waals surface area contributed by atoms with Crippen LogP contribution in [0.2, 0.25) is 0 Å². The van der Waals surface area contributed by atoms with Gasteiger partial charge in [0.05, 0.1) is 19.8 Å². The zero-order chi connectivity index (χ0) is 17.6. The molecule has 128 valence electrons. The zero-order valence-electron chi connectivity index (χ0n) is 13.6. The number of anilines is 1. The number of hydrogen-bond donors (Lipinski definition) is 2. The van der Waals surface area contributed by atoms with E-state index in [0.29, 0.717) is 28.4 Å². The van der Waals surface area contributed by atoms with Gasteiger partial charge >= 0.3 is 0 Å². The largest absolute Gasteiger partial charge is 0.497 e. The highest BCUT2D eigenvalue weighted by atomic mass is 16.5. The first-order valence-electron chi connectivity index (χ1n) is 7.60. The average molecular weight is 341 g/mol. The maximum absolute atomic E-state index is 12.7. The molecule has 0 unspecified atom stereocenters. The van der Waals surface area contributed by atoms with Crippen LogP contribution >= 0.6 is 0 Å². The summed E-state index contributed by atoms with van der Waals surface area (Å²) in [6.45, 7) is 0. The van der Waals surface area contributed by atoms with Gasteiger partial charge in [-0.05, 0) is 18.2 Å². The molecular formula is C16H15N5O4. The Kier molecular flexibility index (Phi) is 3.41. The standard InChI is InChI=1S/C16H15N5O4/c1-24-8-3-4-11(25-2)9(5-8)10-6-12(22)19-14-13(10)15(23)20-16-17-7-18-21(14)16/h3-5,7,10H,6H2,1-2H3,(H,19,22)(H,17,18,20,23)/t10-/m0/s1. The van der Waals surface area contributed by atoms with Gasteiger partial charge < -0.3 is 14.8 Å². The van der Waals surface area contributed by atoms with Gasteiger partial charge in [-0.1, -0.05) is 0 Å². The summed E-state index contributed by atoms with van der Waals surface area (Å²) in [6.07, 6.45) is 1.42. The van der Waals surface area contributed by atoms with E-state index >= 15 is 0 Å². The van der Waals surface area contributed by atoms with Gasteiger partial charge in [0.1, 0.15) is 23.6 Å². The molecule has 0 bridgehead atoms. The second-order valence-electron chi connectivity index (χ2n) is 5.62. The number of aromatic nitrogens is 4. The molecule has 1 aromatic carbocycles. The first-order chi connectivity index (χ1) is 12.1. The summed E-state index contributed by atoms with van der Waals surface area (Å²) in [4.78, 5) is 31.6. The first kappa shape index (κ1) is 15.2. The number of nitrogens with zero attached hydrogens (tertiary/aromatic N) is 3. The molecule has 0 spiro atoms. The number of hydrogen-bond acceptors (Lipinski definition) is 6. The maximum Gasteiger partial charge on any atom is 0.258 e. The van der Waals surface area contributed by atoms with Crippen molar-refractivity contribution < 1.29 is 14.3 Å². The van der Waals surface area contributed by atoms with Crippen molar-refractivity contribution in [1.29, 1.82) is 0 Å². The van der Waals surface area contributed by atoms with Crippen molar-refractivity contribution in [1.82, 2.24) is 19.6 Å². The Morgan fingerprint density at radius 3 is 2.84 bits per heavy atom. The number of methoxy groups -OCH3 is 2. The SMILES string of the molecule is COc1ccc(OC)c([C@@H]2CC(=O)Nc3c2c(=O)[nH]c2ncnn32)c1. The molecule has 0 saturated heterocycles. The lowest BCUT2D eigenvalue weighted by Gasteiger charge is -2.26. The lowest BCUT2D eigenvalue weighted by molar-refractivity contribution is -0.116. The summed E-state index contributed by atoms with van der Waals surface area (Å²) in [6, 6.07) is 5.29. The van der Waals surface area contributed by atoms with E-state index in [1.54, 1.807) is 32.4 Å². The predicted octanol–water partition coefficient (Wildman–Crippen LogP) is 0.909. The second kappa shape index (κ2) is 5.62. The summed E-state index contributed by atoms with van der Waals surface area (Å²) >= 11 is 0. The number of aromatic amines is 1. The minimum Gasteiger partial charge on any atom is -0.497 e. The molecular weight excluding hydrogens is 326 g/mol. The van der Waals surface area contributed by atoms with Crippen LogP contribution in [-0.4, -0.2) is 39.7 Å². The van der Waals surface area contributed by atoms with E-state index in [-0.39, 0.29) is 23.7 Å². The number of carbonyl (C=O) groups excluding carboxylic acids is 1. The van der Waals surface area contributed by atoms with Gasteiger partial charge in [-0.15, -0.1) is 0 Å². The highest BCUT2D eigenvalue weighted by molar-refractivity contribution is 5.94. The van der Waals surface area contributed by atoms with Crippen LogP contribution in [0.1, 0.15) is 23.5 Å². The Bertz CT molecular complexity index is 1040. The molecule has 2 aromatic heterocycles. The van der Waals surface area contributed by atoms with Gasteiger partial charge in [0.25, 0.3) is 5.56 Å². The molecule has 3 aromatic rings. The molecule has 0 radical (unpaired) electrons. The van der Waals surface area contributed by atoms with Crippen LogP contribution in [0.4, 0.5) is 5.82 Å². The third-order valence-corrected chi connectivity index (χ3v) is 4.29. The van der Waals surface area contributed by atoms with Crippen molar-refractivity contribution in [3.63, 3.8) is 0 Å². The maximum atomic E-state index is 12.7. The number of ether oxygens (including phenoxy) is 2. The van der Waals surface area contributed by atoms with Crippen molar-refractivity contribution in [2.24, 2.45) is 0 Å². The quantitative estimate of drug-likeness (QED) is 0.732. The number of carbonyl (C=O) groups is 1. The van der Waals surface area contributed by atoms with Gasteiger partial charge in [-0.25, -0.2) is 0 Å². The van der Waals surface area contributed by atoms with Crippen LogP contribution in [0.5, 0.6) is 11.5 Å². The third-order valence-electron chi connectivity index (χ3n) is 4.29. The average Bonchev–Trinajstić information content (AvgIpc) is 3.09. The first-order valence-corrected chi connectivity index (χ1v) is 7.60. The summed E-state index contributed by atoms with van der Waals surface area (Å²) in [5.41, 5.74) is 0.775. The molecule has 9 nitrogen and oxygen atoms in total. The van der Waals surface area contributed by atoms with Crippen molar-refractivity contribution in [2.45, 2.75) is 12.3 Å². The molecule has 0 aliphatic carbocycles. The topological polar surface area (TPSA) is 111 Å². The van der Waals surface area contributed by atoms with Crippen LogP contribution in [0.15, 0.2) is 29.3 Å². The number of fused-ring (bicyclic) bond motifs is 3. The van der Waals surface area contributed by atoms with E-state index in [9.17, 15) is 9.59 Å². The summed E-state index contributed by atoms with van der Waals surface area (Å²) in [5.74, 6) is 1.06. The lowest BCUT2D eigenvalue weighted by Crippen LogP contribution is -2.32. The van der Waals surface area contributed by atoms with Crippen LogP contribution in [0.3, 0.4) is 0 Å². The van der Waals surface area contributed by atoms with Crippen molar-refractivity contribution in [3.8, 4) is 11.5 Å². The molecule has 2 N–H and O–H groups in total. The van der Waals surface area contributed by atoms with Gasteiger partial charge in [-0.2, -0.15) is 14.6 Å². The number of nitrogens with one attached hydrogen (secondary N) is 2. The minimum absolute atomic E-state index is 0.111. The van der Waals surface area contributed by atoms with Gasteiger partial charge in [0.15, 0.2) is 0 Å². The van der Waals surface area contributed by atoms with Crippen LogP contribution in [-0.2, 0) is 4.79 Å². The molecule has 1 amide bonds. The molecule has 1 aliphatic rings. The Labute approximate surface area is 141 Å². The van der Waals surface area contributed by atoms with E-state index in [4.69, 9.17) is 9.47 Å². The van der Waals surface area contributed by atoms with Crippen molar-refractivity contribution in [3.05, 3.63) is 46.0 Å². The molecule has 4 rings (SSSR count). The summed E-state index contributed by atoms with van der Waals surface area (Å²) in [7, 11) is 3.10. The van der Waals surface area contributed by atoms with E-state index < -0.39 is 5.92 Å². The monoisotopic (exact) mass is 341 g/mol. The zero-order valence-corrected chi connectivity index (χ0v) is 13.6. The molecule has 0 saturated carbocycles. The minimum atomic E-state index is -0.494. The van der Waals surface area contributed by atoms with Gasteiger partial charge in [0, 0.05) is 17.9 Å². The fraction of sp³-hybridized carbons (Fsp3) is 0.250. The number of rotatable bonds is 3. The number of amides is 1. The second-order valence-corrected chi connectivity index (χ2v) is 5.62. The lowest BCUT2D eigenvalue weighted by atomic mass is 9.86. The molecule has 1 atom stereocenters. The molecule has 0 fully saturated rings. The molecule has 9 heteroatoms. The Morgan fingerprint density at radius 2 is 2.08 bits per heavy atom. The van der Waals surface area contributed by atoms with E-state index in [0.717, 1.165) is 0 Å². The van der Waals surface area contributed by atoms with Crippen molar-refractivity contribution >= 4 is 17.5 Å². The Hall–Kier alpha value is -3.36. The number of benzene rings is 1. The molecule has 3 heterocycles. The Balaban J connectivity index is 2.00. The van der Waals surface area contributed by atoms with E-state index in [1.165, 1.54) is 10.8 Å². The van der Waals surface area contributed by atoms with E-state index in [1.807, 2.05) is 0 Å². The van der Waals surface area contributed by atoms with E-state index in [2.05, 4.69) is 20.4 Å². The smallest absolute Gasteiger partial charge is 0.258 e. The summed E-state index contributed by atoms with van der Waals surface area (Å²) < 4.78 is 12.1. The highest BCUT2D eigenvalue weighted by Gasteiger charge is 2.33. The van der Waals surface area contributed by atoms with Gasteiger partial charge in [0.2, 0.25) is 11.7 Å². The third kappa shape index (κ3) is 2.32. The van der Waals surface area contributed by atoms with Crippen LogP contribution in [0.25, 0.3) is 5.78 Å². The van der Waals surface area contributed by atoms with Gasteiger partial charge in [-0.3, -0.25) is 14.6 Å².